The van der Waals surface area contributed by atoms with Crippen molar-refractivity contribution in [3.05, 3.63) is 58.8 Å². The van der Waals surface area contributed by atoms with Crippen LogP contribution in [0.25, 0.3) is 11.1 Å². The Labute approximate surface area is 165 Å². The highest BCUT2D eigenvalue weighted by Gasteiger charge is 2.33. The Morgan fingerprint density at radius 1 is 1.24 bits per heavy atom. The number of hydrogen-bond donors (Lipinski definition) is 2. The molecule has 152 valence electrons. The summed E-state index contributed by atoms with van der Waals surface area (Å²) in [5, 5.41) is 2.64. The fourth-order valence-corrected chi connectivity index (χ4v) is 4.96. The smallest absolute Gasteiger partial charge is 0.408 e. The highest BCUT2D eigenvalue weighted by Crippen LogP contribution is 2.26. The summed E-state index contributed by atoms with van der Waals surface area (Å²) in [4.78, 5) is 26.3. The average Bonchev–Trinajstić information content (AvgIpc) is 3.07. The van der Waals surface area contributed by atoms with Gasteiger partial charge < -0.3 is 9.73 Å². The van der Waals surface area contributed by atoms with Crippen molar-refractivity contribution in [3.63, 3.8) is 0 Å². The molecule has 1 fully saturated rings. The zero-order valence-corrected chi connectivity index (χ0v) is 16.0. The second kappa shape index (κ2) is 7.45. The summed E-state index contributed by atoms with van der Waals surface area (Å²) in [6, 6.07) is 9.67. The van der Waals surface area contributed by atoms with Crippen LogP contribution in [-0.4, -0.2) is 36.7 Å². The Hall–Kier alpha value is -2.98. The summed E-state index contributed by atoms with van der Waals surface area (Å²) in [6.07, 6.45) is 1.04. The number of nitrogens with one attached hydrogen (secondary N) is 2. The summed E-state index contributed by atoms with van der Waals surface area (Å²) < 4.78 is 45.5. The Morgan fingerprint density at radius 2 is 2.07 bits per heavy atom. The van der Waals surface area contributed by atoms with Crippen molar-refractivity contribution in [2.24, 2.45) is 5.92 Å². The number of oxazole rings is 1. The summed E-state index contributed by atoms with van der Waals surface area (Å²) in [7, 11) is -3.87. The number of carbonyl (C=O) groups is 1. The molecule has 2 N–H and O–H groups in total. The maximum Gasteiger partial charge on any atom is 0.417 e. The number of benzene rings is 2. The van der Waals surface area contributed by atoms with Gasteiger partial charge >= 0.3 is 5.76 Å². The predicted octanol–water partition coefficient (Wildman–Crippen LogP) is 2.30. The third-order valence-corrected chi connectivity index (χ3v) is 6.74. The summed E-state index contributed by atoms with van der Waals surface area (Å²) in [6.45, 7) is 0.291. The van der Waals surface area contributed by atoms with E-state index in [4.69, 9.17) is 4.42 Å². The molecule has 8 nitrogen and oxygen atoms in total. The number of aromatic nitrogens is 1. The van der Waals surface area contributed by atoms with Crippen LogP contribution in [0.3, 0.4) is 0 Å². The first-order valence-corrected chi connectivity index (χ1v) is 10.5. The molecule has 10 heteroatoms. The van der Waals surface area contributed by atoms with E-state index in [0.29, 0.717) is 24.0 Å². The Balaban J connectivity index is 1.53. The lowest BCUT2D eigenvalue weighted by Crippen LogP contribution is -2.43. The molecule has 4 rings (SSSR count). The summed E-state index contributed by atoms with van der Waals surface area (Å²) in [5.74, 6) is -2.05. The van der Waals surface area contributed by atoms with Gasteiger partial charge in [0, 0.05) is 24.8 Å². The van der Waals surface area contributed by atoms with Crippen LogP contribution >= 0.6 is 0 Å². The van der Waals surface area contributed by atoms with Crippen LogP contribution in [0.5, 0.6) is 0 Å². The van der Waals surface area contributed by atoms with E-state index in [0.717, 1.165) is 0 Å². The van der Waals surface area contributed by atoms with E-state index in [9.17, 15) is 22.4 Å². The molecule has 0 spiro atoms. The maximum atomic E-state index is 13.3. The van der Waals surface area contributed by atoms with Gasteiger partial charge in [-0.15, -0.1) is 0 Å². The lowest BCUT2D eigenvalue weighted by Gasteiger charge is -2.31. The van der Waals surface area contributed by atoms with E-state index in [1.165, 1.54) is 40.7 Å². The number of aromatic amines is 1. The van der Waals surface area contributed by atoms with Crippen molar-refractivity contribution in [1.29, 1.82) is 0 Å². The van der Waals surface area contributed by atoms with Gasteiger partial charge in [0.25, 0.3) is 0 Å². The third kappa shape index (κ3) is 3.94. The van der Waals surface area contributed by atoms with E-state index in [-0.39, 0.29) is 29.5 Å². The molecule has 1 aliphatic heterocycles. The molecule has 0 aliphatic carbocycles. The van der Waals surface area contributed by atoms with Crippen LogP contribution in [-0.2, 0) is 14.8 Å². The van der Waals surface area contributed by atoms with Gasteiger partial charge in [0.1, 0.15) is 5.82 Å². The number of nitrogens with zero attached hydrogens (tertiary/aromatic N) is 1. The number of sulfonamides is 1. The summed E-state index contributed by atoms with van der Waals surface area (Å²) >= 11 is 0. The molecule has 0 unspecified atom stereocenters. The number of H-pyrrole nitrogens is 1. The second-order valence-corrected chi connectivity index (χ2v) is 8.81. The van der Waals surface area contributed by atoms with E-state index >= 15 is 0 Å². The first kappa shape index (κ1) is 19.3. The zero-order valence-electron chi connectivity index (χ0n) is 15.2. The fraction of sp³-hybridized carbons (Fsp3) is 0.263. The molecule has 0 saturated carbocycles. The fourth-order valence-electron chi connectivity index (χ4n) is 3.42. The molecule has 2 heterocycles. The van der Waals surface area contributed by atoms with Crippen LogP contribution in [0.1, 0.15) is 12.8 Å². The van der Waals surface area contributed by atoms with Crippen LogP contribution in [0.4, 0.5) is 10.1 Å². The number of carbonyl (C=O) groups excluding carboxylic acids is 1. The van der Waals surface area contributed by atoms with Crippen molar-refractivity contribution in [1.82, 2.24) is 9.29 Å². The molecule has 1 saturated heterocycles. The quantitative estimate of drug-likeness (QED) is 0.674. The van der Waals surface area contributed by atoms with Gasteiger partial charge in [-0.25, -0.2) is 17.6 Å². The Bertz CT molecular complexity index is 1230. The lowest BCUT2D eigenvalue weighted by molar-refractivity contribution is -0.120. The van der Waals surface area contributed by atoms with Crippen LogP contribution in [0, 0.1) is 11.7 Å². The van der Waals surface area contributed by atoms with Gasteiger partial charge in [0.2, 0.25) is 15.9 Å². The highest BCUT2D eigenvalue weighted by molar-refractivity contribution is 7.89. The van der Waals surface area contributed by atoms with Gasteiger partial charge in [-0.05, 0) is 43.2 Å². The minimum absolute atomic E-state index is 0.0125. The molecule has 29 heavy (non-hydrogen) atoms. The van der Waals surface area contributed by atoms with Crippen molar-refractivity contribution in [2.75, 3.05) is 18.4 Å². The van der Waals surface area contributed by atoms with Crippen LogP contribution < -0.4 is 11.1 Å². The maximum absolute atomic E-state index is 13.3. The number of fused-ring (bicyclic) bond motifs is 1. The van der Waals surface area contributed by atoms with Crippen LogP contribution in [0.15, 0.2) is 56.6 Å². The average molecular weight is 419 g/mol. The molecule has 1 amide bonds. The number of hydrogen-bond acceptors (Lipinski definition) is 5. The summed E-state index contributed by atoms with van der Waals surface area (Å²) in [5.41, 5.74) is 0.872. The predicted molar refractivity (Wildman–Crippen MR) is 103 cm³/mol. The topological polar surface area (TPSA) is 112 Å². The van der Waals surface area contributed by atoms with Gasteiger partial charge in [-0.1, -0.05) is 6.07 Å². The molecule has 0 radical (unpaired) electrons. The Kier molecular flexibility index (Phi) is 4.97. The zero-order chi connectivity index (χ0) is 20.6. The minimum atomic E-state index is -3.87. The molecule has 1 atom stereocenters. The van der Waals surface area contributed by atoms with E-state index in [1.54, 1.807) is 6.07 Å². The van der Waals surface area contributed by atoms with Gasteiger partial charge in [-0.3, -0.25) is 9.78 Å². The normalized spacial score (nSPS) is 18.0. The van der Waals surface area contributed by atoms with E-state index in [1.807, 2.05) is 0 Å². The lowest BCUT2D eigenvalue weighted by atomic mass is 9.99. The standard InChI is InChI=1S/C19H18FN3O5S/c20-13-4-1-5-14(9-13)21-18(24)12-3-2-8-23(11-12)29(26,27)15-6-7-16-17(10-15)28-19(25)22-16/h1,4-7,9-10,12H,2-3,8,11H2,(H,21,24)(H,22,25)/t12-/m1/s1. The van der Waals surface area contributed by atoms with Crippen molar-refractivity contribution < 1.29 is 22.0 Å². The monoisotopic (exact) mass is 419 g/mol. The number of anilines is 1. The molecule has 2 aromatic carbocycles. The first-order chi connectivity index (χ1) is 13.8. The molecule has 1 aromatic heterocycles. The van der Waals surface area contributed by atoms with E-state index < -0.39 is 27.5 Å². The highest BCUT2D eigenvalue weighted by atomic mass is 32.2. The van der Waals surface area contributed by atoms with Crippen molar-refractivity contribution in [3.8, 4) is 0 Å². The molecular formula is C19H18FN3O5S. The molecule has 1 aliphatic rings. The van der Waals surface area contributed by atoms with Crippen LogP contribution in [0.2, 0.25) is 0 Å². The first-order valence-electron chi connectivity index (χ1n) is 9.02. The Morgan fingerprint density at radius 3 is 2.86 bits per heavy atom. The minimum Gasteiger partial charge on any atom is -0.408 e. The number of halogens is 1. The second-order valence-electron chi connectivity index (χ2n) is 6.87. The van der Waals surface area contributed by atoms with Gasteiger partial charge in [-0.2, -0.15) is 4.31 Å². The molecule has 0 bridgehead atoms. The number of amides is 1. The SMILES string of the molecule is O=C(Nc1cccc(F)c1)[C@@H]1CCCN(S(=O)(=O)c2ccc3[nH]c(=O)oc3c2)C1. The van der Waals surface area contributed by atoms with Crippen molar-refractivity contribution in [2.45, 2.75) is 17.7 Å². The third-order valence-electron chi connectivity index (χ3n) is 4.88. The van der Waals surface area contributed by atoms with Gasteiger partial charge in [0.15, 0.2) is 5.58 Å². The molecule has 3 aromatic rings. The van der Waals surface area contributed by atoms with Gasteiger partial charge in [0.05, 0.1) is 16.3 Å². The number of rotatable bonds is 4. The van der Waals surface area contributed by atoms with Crippen molar-refractivity contribution >= 4 is 32.7 Å². The largest absolute Gasteiger partial charge is 0.417 e. The molecular weight excluding hydrogens is 401 g/mol. The number of piperidine rings is 1. The van der Waals surface area contributed by atoms with E-state index in [2.05, 4.69) is 10.3 Å².